The van der Waals surface area contributed by atoms with Crippen LogP contribution in [0.1, 0.15) is 40.0 Å². The van der Waals surface area contributed by atoms with Crippen LogP contribution in [-0.2, 0) is 4.74 Å². The van der Waals surface area contributed by atoms with Gasteiger partial charge in [0.2, 0.25) is 0 Å². The molecule has 0 amide bonds. The Morgan fingerprint density at radius 3 is 2.33 bits per heavy atom. The number of methoxy groups -OCH3 is 1. The summed E-state index contributed by atoms with van der Waals surface area (Å²) >= 11 is 0. The van der Waals surface area contributed by atoms with Crippen LogP contribution in [-0.4, -0.2) is 25.8 Å². The lowest BCUT2D eigenvalue weighted by Crippen LogP contribution is -2.38. The molecule has 0 aliphatic heterocycles. The van der Waals surface area contributed by atoms with Crippen LogP contribution in [0.5, 0.6) is 0 Å². The van der Waals surface area contributed by atoms with Gasteiger partial charge < -0.3 is 10.1 Å². The number of ether oxygens (including phenoxy) is 1. The van der Waals surface area contributed by atoms with Crippen LogP contribution >= 0.6 is 0 Å². The van der Waals surface area contributed by atoms with E-state index in [4.69, 9.17) is 4.74 Å². The third-order valence-electron chi connectivity index (χ3n) is 2.15. The monoisotopic (exact) mass is 173 g/mol. The standard InChI is InChI=1S/C10H23NO/c1-5-7-10(12-4)9(3)11-8-6-2/h9-11H,5-8H2,1-4H3. The summed E-state index contributed by atoms with van der Waals surface area (Å²) in [5.41, 5.74) is 0. The van der Waals surface area contributed by atoms with E-state index >= 15 is 0 Å². The Kier molecular flexibility index (Phi) is 7.51. The molecule has 12 heavy (non-hydrogen) atoms. The van der Waals surface area contributed by atoms with Crippen molar-refractivity contribution in [3.8, 4) is 0 Å². The predicted octanol–water partition coefficient (Wildman–Crippen LogP) is 2.19. The van der Waals surface area contributed by atoms with Crippen molar-refractivity contribution in [1.82, 2.24) is 5.32 Å². The molecule has 2 atom stereocenters. The van der Waals surface area contributed by atoms with E-state index in [2.05, 4.69) is 26.1 Å². The van der Waals surface area contributed by atoms with Gasteiger partial charge in [-0.05, 0) is 26.3 Å². The summed E-state index contributed by atoms with van der Waals surface area (Å²) in [5.74, 6) is 0. The van der Waals surface area contributed by atoms with Gasteiger partial charge in [0.15, 0.2) is 0 Å². The normalized spacial score (nSPS) is 16.0. The van der Waals surface area contributed by atoms with E-state index < -0.39 is 0 Å². The van der Waals surface area contributed by atoms with Gasteiger partial charge in [0.1, 0.15) is 0 Å². The number of rotatable bonds is 7. The van der Waals surface area contributed by atoms with E-state index in [0.717, 1.165) is 13.0 Å². The van der Waals surface area contributed by atoms with Gasteiger partial charge in [0.25, 0.3) is 0 Å². The van der Waals surface area contributed by atoms with Gasteiger partial charge >= 0.3 is 0 Å². The molecule has 2 unspecified atom stereocenters. The fourth-order valence-corrected chi connectivity index (χ4v) is 1.36. The molecule has 0 rings (SSSR count). The highest BCUT2D eigenvalue weighted by Crippen LogP contribution is 2.05. The zero-order chi connectivity index (χ0) is 9.40. The third kappa shape index (κ3) is 4.73. The first-order valence-corrected chi connectivity index (χ1v) is 5.02. The molecular weight excluding hydrogens is 150 g/mol. The molecule has 2 nitrogen and oxygen atoms in total. The van der Waals surface area contributed by atoms with Crippen LogP contribution in [0.2, 0.25) is 0 Å². The predicted molar refractivity (Wildman–Crippen MR) is 53.5 cm³/mol. The van der Waals surface area contributed by atoms with Gasteiger partial charge in [0, 0.05) is 13.2 Å². The molecule has 0 aliphatic rings. The highest BCUT2D eigenvalue weighted by atomic mass is 16.5. The molecule has 0 aromatic heterocycles. The van der Waals surface area contributed by atoms with E-state index in [-0.39, 0.29) is 0 Å². The SMILES string of the molecule is CCCNC(C)C(CCC)OC. The maximum absolute atomic E-state index is 5.39. The fraction of sp³-hybridized carbons (Fsp3) is 1.00. The number of hydrogen-bond acceptors (Lipinski definition) is 2. The molecule has 0 saturated carbocycles. The molecule has 0 aromatic rings. The van der Waals surface area contributed by atoms with Crippen LogP contribution in [0.3, 0.4) is 0 Å². The minimum absolute atomic E-state index is 0.376. The van der Waals surface area contributed by atoms with E-state index in [0.29, 0.717) is 12.1 Å². The summed E-state index contributed by atoms with van der Waals surface area (Å²) in [4.78, 5) is 0. The fourth-order valence-electron chi connectivity index (χ4n) is 1.36. The largest absolute Gasteiger partial charge is 0.380 e. The van der Waals surface area contributed by atoms with Crippen molar-refractivity contribution in [1.29, 1.82) is 0 Å². The Hall–Kier alpha value is -0.0800. The van der Waals surface area contributed by atoms with E-state index in [1.807, 2.05) is 0 Å². The Morgan fingerprint density at radius 1 is 1.25 bits per heavy atom. The van der Waals surface area contributed by atoms with E-state index in [1.165, 1.54) is 12.8 Å². The first-order chi connectivity index (χ1) is 5.76. The molecule has 1 N–H and O–H groups in total. The van der Waals surface area contributed by atoms with Gasteiger partial charge in [-0.1, -0.05) is 20.3 Å². The quantitative estimate of drug-likeness (QED) is 0.637. The second-order valence-electron chi connectivity index (χ2n) is 3.31. The molecule has 0 saturated heterocycles. The van der Waals surface area contributed by atoms with Crippen molar-refractivity contribution in [2.24, 2.45) is 0 Å². The molecule has 0 radical (unpaired) electrons. The van der Waals surface area contributed by atoms with Gasteiger partial charge in [-0.15, -0.1) is 0 Å². The summed E-state index contributed by atoms with van der Waals surface area (Å²) in [5, 5.41) is 3.44. The molecule has 0 aliphatic carbocycles. The second-order valence-corrected chi connectivity index (χ2v) is 3.31. The average molecular weight is 173 g/mol. The number of nitrogens with one attached hydrogen (secondary N) is 1. The van der Waals surface area contributed by atoms with Gasteiger partial charge in [0.05, 0.1) is 6.10 Å². The minimum Gasteiger partial charge on any atom is -0.380 e. The van der Waals surface area contributed by atoms with Crippen molar-refractivity contribution in [3.05, 3.63) is 0 Å². The topological polar surface area (TPSA) is 21.3 Å². The smallest absolute Gasteiger partial charge is 0.0721 e. The van der Waals surface area contributed by atoms with Gasteiger partial charge in [-0.3, -0.25) is 0 Å². The van der Waals surface area contributed by atoms with Crippen LogP contribution in [0.25, 0.3) is 0 Å². The summed E-state index contributed by atoms with van der Waals surface area (Å²) in [6, 6.07) is 0.481. The van der Waals surface area contributed by atoms with Crippen LogP contribution < -0.4 is 5.32 Å². The van der Waals surface area contributed by atoms with Crippen LogP contribution in [0.15, 0.2) is 0 Å². The Bertz CT molecular complexity index is 95.8. The Balaban J connectivity index is 3.60. The second kappa shape index (κ2) is 7.56. The lowest BCUT2D eigenvalue weighted by Gasteiger charge is -2.23. The van der Waals surface area contributed by atoms with Crippen molar-refractivity contribution in [3.63, 3.8) is 0 Å². The summed E-state index contributed by atoms with van der Waals surface area (Å²) in [7, 11) is 1.80. The maximum Gasteiger partial charge on any atom is 0.0721 e. The minimum atomic E-state index is 0.376. The average Bonchev–Trinajstić information content (AvgIpc) is 2.10. The third-order valence-corrected chi connectivity index (χ3v) is 2.15. The van der Waals surface area contributed by atoms with Crippen molar-refractivity contribution in [2.75, 3.05) is 13.7 Å². The Labute approximate surface area is 76.7 Å². The van der Waals surface area contributed by atoms with Crippen LogP contribution in [0, 0.1) is 0 Å². The van der Waals surface area contributed by atoms with E-state index in [1.54, 1.807) is 7.11 Å². The molecule has 0 fully saturated rings. The molecular formula is C10H23NO. The lowest BCUT2D eigenvalue weighted by molar-refractivity contribution is 0.0664. The summed E-state index contributed by atoms with van der Waals surface area (Å²) in [6.45, 7) is 7.66. The van der Waals surface area contributed by atoms with Gasteiger partial charge in [-0.2, -0.15) is 0 Å². The van der Waals surface area contributed by atoms with Crippen molar-refractivity contribution < 1.29 is 4.74 Å². The van der Waals surface area contributed by atoms with Crippen LogP contribution in [0.4, 0.5) is 0 Å². The summed E-state index contributed by atoms with van der Waals surface area (Å²) < 4.78 is 5.39. The van der Waals surface area contributed by atoms with Gasteiger partial charge in [-0.25, -0.2) is 0 Å². The first-order valence-electron chi connectivity index (χ1n) is 5.02. The highest BCUT2D eigenvalue weighted by Gasteiger charge is 2.13. The lowest BCUT2D eigenvalue weighted by atomic mass is 10.1. The molecule has 74 valence electrons. The van der Waals surface area contributed by atoms with E-state index in [9.17, 15) is 0 Å². The highest BCUT2D eigenvalue weighted by molar-refractivity contribution is 4.71. The first kappa shape index (κ1) is 11.9. The molecule has 2 heteroatoms. The number of hydrogen-bond donors (Lipinski definition) is 1. The van der Waals surface area contributed by atoms with Crippen molar-refractivity contribution in [2.45, 2.75) is 52.2 Å². The molecule has 0 bridgehead atoms. The maximum atomic E-state index is 5.39. The van der Waals surface area contributed by atoms with Crippen molar-refractivity contribution >= 4 is 0 Å². The Morgan fingerprint density at radius 2 is 1.92 bits per heavy atom. The zero-order valence-electron chi connectivity index (χ0n) is 8.89. The molecule has 0 heterocycles. The molecule has 0 aromatic carbocycles. The molecule has 0 spiro atoms. The zero-order valence-corrected chi connectivity index (χ0v) is 8.89. The summed E-state index contributed by atoms with van der Waals surface area (Å²) in [6.07, 6.45) is 3.90.